The summed E-state index contributed by atoms with van der Waals surface area (Å²) in [6, 6.07) is 6.21. The molecule has 0 aliphatic heterocycles. The third-order valence-electron chi connectivity index (χ3n) is 3.54. The van der Waals surface area contributed by atoms with E-state index in [0.717, 1.165) is 5.56 Å². The van der Waals surface area contributed by atoms with Crippen LogP contribution in [0.1, 0.15) is 18.4 Å². The molecule has 0 bridgehead atoms. The SMILES string of the molecule is CNC(=O)CNC(=O)Nc1ccc(C2(C(=O)O)CC2)cc1. The number of benzene rings is 1. The van der Waals surface area contributed by atoms with Gasteiger partial charge in [0.2, 0.25) is 5.91 Å². The van der Waals surface area contributed by atoms with Crippen molar-refractivity contribution in [2.75, 3.05) is 18.9 Å². The van der Waals surface area contributed by atoms with Gasteiger partial charge in [-0.05, 0) is 30.5 Å². The van der Waals surface area contributed by atoms with Crippen molar-refractivity contribution in [1.82, 2.24) is 10.6 Å². The van der Waals surface area contributed by atoms with Crippen LogP contribution in [0.25, 0.3) is 0 Å². The highest BCUT2D eigenvalue weighted by atomic mass is 16.4. The van der Waals surface area contributed by atoms with Gasteiger partial charge in [0.15, 0.2) is 0 Å². The Hall–Kier alpha value is -2.57. The van der Waals surface area contributed by atoms with Gasteiger partial charge in [-0.15, -0.1) is 0 Å². The first-order chi connectivity index (χ1) is 9.98. The summed E-state index contributed by atoms with van der Waals surface area (Å²) in [5.41, 5.74) is 0.528. The number of carboxylic acid groups (broad SMARTS) is 1. The molecule has 3 amide bonds. The Labute approximate surface area is 121 Å². The first kappa shape index (κ1) is 14.8. The van der Waals surface area contributed by atoms with E-state index in [1.54, 1.807) is 24.3 Å². The van der Waals surface area contributed by atoms with Gasteiger partial charge in [0, 0.05) is 12.7 Å². The summed E-state index contributed by atoms with van der Waals surface area (Å²) in [6.45, 7) is -0.109. The predicted molar refractivity (Wildman–Crippen MR) is 76.1 cm³/mol. The van der Waals surface area contributed by atoms with Crippen LogP contribution in [0.15, 0.2) is 24.3 Å². The highest BCUT2D eigenvalue weighted by Crippen LogP contribution is 2.48. The third kappa shape index (κ3) is 3.31. The number of carbonyl (C=O) groups is 3. The number of hydrogen-bond acceptors (Lipinski definition) is 3. The molecule has 0 saturated heterocycles. The van der Waals surface area contributed by atoms with Crippen molar-refractivity contribution in [1.29, 1.82) is 0 Å². The van der Waals surface area contributed by atoms with E-state index in [1.165, 1.54) is 7.05 Å². The number of rotatable bonds is 5. The van der Waals surface area contributed by atoms with Gasteiger partial charge in [0.25, 0.3) is 0 Å². The van der Waals surface area contributed by atoms with Crippen LogP contribution in [-0.4, -0.2) is 36.6 Å². The van der Waals surface area contributed by atoms with E-state index >= 15 is 0 Å². The molecule has 1 aromatic carbocycles. The maximum absolute atomic E-state index is 11.5. The largest absolute Gasteiger partial charge is 0.481 e. The fourth-order valence-electron chi connectivity index (χ4n) is 2.05. The van der Waals surface area contributed by atoms with Crippen molar-refractivity contribution in [3.05, 3.63) is 29.8 Å². The van der Waals surface area contributed by atoms with E-state index in [-0.39, 0.29) is 12.5 Å². The number of amides is 3. The summed E-state index contributed by atoms with van der Waals surface area (Å²) in [6.07, 6.45) is 1.28. The number of aliphatic carboxylic acids is 1. The molecule has 0 aromatic heterocycles. The van der Waals surface area contributed by atoms with E-state index in [2.05, 4.69) is 16.0 Å². The van der Waals surface area contributed by atoms with Gasteiger partial charge >= 0.3 is 12.0 Å². The molecule has 0 heterocycles. The topological polar surface area (TPSA) is 108 Å². The lowest BCUT2D eigenvalue weighted by Crippen LogP contribution is -2.37. The minimum Gasteiger partial charge on any atom is -0.481 e. The number of carboxylic acids is 1. The molecule has 112 valence electrons. The first-order valence-corrected chi connectivity index (χ1v) is 6.57. The van der Waals surface area contributed by atoms with Gasteiger partial charge in [-0.2, -0.15) is 0 Å². The second kappa shape index (κ2) is 5.82. The molecule has 1 saturated carbocycles. The average Bonchev–Trinajstić information content (AvgIpc) is 3.27. The van der Waals surface area contributed by atoms with Gasteiger partial charge in [0.1, 0.15) is 0 Å². The fourth-order valence-corrected chi connectivity index (χ4v) is 2.05. The molecular formula is C14H17N3O4. The summed E-state index contributed by atoms with van der Waals surface area (Å²) in [4.78, 5) is 33.7. The van der Waals surface area contributed by atoms with Crippen LogP contribution in [0.2, 0.25) is 0 Å². The van der Waals surface area contributed by atoms with E-state index in [1.807, 2.05) is 0 Å². The number of nitrogens with one attached hydrogen (secondary N) is 3. The summed E-state index contributed by atoms with van der Waals surface area (Å²) < 4.78 is 0. The van der Waals surface area contributed by atoms with Crippen molar-refractivity contribution in [2.45, 2.75) is 18.3 Å². The molecule has 0 atom stereocenters. The number of urea groups is 1. The predicted octanol–water partition coefficient (Wildman–Crippen LogP) is 0.670. The second-order valence-corrected chi connectivity index (χ2v) is 4.95. The Morgan fingerprint density at radius 3 is 2.29 bits per heavy atom. The van der Waals surface area contributed by atoms with E-state index in [4.69, 9.17) is 0 Å². The highest BCUT2D eigenvalue weighted by molar-refractivity contribution is 5.92. The zero-order valence-corrected chi connectivity index (χ0v) is 11.6. The Bertz CT molecular complexity index is 564. The molecule has 1 aromatic rings. The second-order valence-electron chi connectivity index (χ2n) is 4.95. The zero-order chi connectivity index (χ0) is 15.5. The van der Waals surface area contributed by atoms with Crippen LogP contribution in [-0.2, 0) is 15.0 Å². The molecule has 0 radical (unpaired) electrons. The Morgan fingerprint density at radius 1 is 1.19 bits per heavy atom. The fraction of sp³-hybridized carbons (Fsp3) is 0.357. The van der Waals surface area contributed by atoms with Crippen LogP contribution in [0.5, 0.6) is 0 Å². The molecule has 2 rings (SSSR count). The Kier molecular flexibility index (Phi) is 4.11. The molecule has 0 spiro atoms. The smallest absolute Gasteiger partial charge is 0.319 e. The normalized spacial score (nSPS) is 14.9. The minimum atomic E-state index is -0.813. The van der Waals surface area contributed by atoms with Crippen molar-refractivity contribution >= 4 is 23.6 Å². The van der Waals surface area contributed by atoms with Crippen LogP contribution in [0, 0.1) is 0 Å². The van der Waals surface area contributed by atoms with E-state index in [9.17, 15) is 19.5 Å². The van der Waals surface area contributed by atoms with Crippen molar-refractivity contribution in [3.63, 3.8) is 0 Å². The molecule has 1 fully saturated rings. The molecule has 7 nitrogen and oxygen atoms in total. The minimum absolute atomic E-state index is 0.109. The first-order valence-electron chi connectivity index (χ1n) is 6.57. The summed E-state index contributed by atoms with van der Waals surface area (Å²) in [5, 5.41) is 16.6. The zero-order valence-electron chi connectivity index (χ0n) is 11.6. The molecule has 1 aliphatic carbocycles. The van der Waals surface area contributed by atoms with E-state index in [0.29, 0.717) is 18.5 Å². The van der Waals surface area contributed by atoms with Crippen molar-refractivity contribution in [3.8, 4) is 0 Å². The lowest BCUT2D eigenvalue weighted by Gasteiger charge is -2.11. The van der Waals surface area contributed by atoms with Gasteiger partial charge in [-0.1, -0.05) is 12.1 Å². The van der Waals surface area contributed by atoms with Crippen molar-refractivity contribution in [2.24, 2.45) is 0 Å². The third-order valence-corrected chi connectivity index (χ3v) is 3.54. The van der Waals surface area contributed by atoms with Crippen LogP contribution >= 0.6 is 0 Å². The number of anilines is 1. The summed E-state index contributed by atoms with van der Waals surface area (Å²) >= 11 is 0. The van der Waals surface area contributed by atoms with Crippen LogP contribution in [0.4, 0.5) is 10.5 Å². The van der Waals surface area contributed by atoms with Gasteiger partial charge in [-0.3, -0.25) is 9.59 Å². The van der Waals surface area contributed by atoms with Crippen LogP contribution < -0.4 is 16.0 Å². The molecule has 0 unspecified atom stereocenters. The Morgan fingerprint density at radius 2 is 1.81 bits per heavy atom. The summed E-state index contributed by atoms with van der Waals surface area (Å²) in [7, 11) is 1.48. The van der Waals surface area contributed by atoms with Crippen molar-refractivity contribution < 1.29 is 19.5 Å². The standard InChI is InChI=1S/C14H17N3O4/c1-15-11(18)8-16-13(21)17-10-4-2-9(3-5-10)14(6-7-14)12(19)20/h2-5H,6-8H2,1H3,(H,15,18)(H,19,20)(H2,16,17,21). The van der Waals surface area contributed by atoms with E-state index < -0.39 is 17.4 Å². The summed E-state index contributed by atoms with van der Waals surface area (Å²) in [5.74, 6) is -1.11. The van der Waals surface area contributed by atoms with Gasteiger partial charge in [-0.25, -0.2) is 4.79 Å². The molecule has 4 N–H and O–H groups in total. The van der Waals surface area contributed by atoms with Gasteiger partial charge < -0.3 is 21.1 Å². The molecular weight excluding hydrogens is 274 g/mol. The van der Waals surface area contributed by atoms with Gasteiger partial charge in [0.05, 0.1) is 12.0 Å². The lowest BCUT2D eigenvalue weighted by molar-refractivity contribution is -0.140. The molecule has 21 heavy (non-hydrogen) atoms. The number of hydrogen-bond donors (Lipinski definition) is 4. The number of carbonyl (C=O) groups excluding carboxylic acids is 2. The lowest BCUT2D eigenvalue weighted by atomic mass is 9.96. The molecule has 1 aliphatic rings. The highest BCUT2D eigenvalue weighted by Gasteiger charge is 2.51. The number of likely N-dealkylation sites (N-methyl/N-ethyl adjacent to an activating group) is 1. The average molecular weight is 291 g/mol. The maximum Gasteiger partial charge on any atom is 0.319 e. The monoisotopic (exact) mass is 291 g/mol. The van der Waals surface area contributed by atoms with Crippen LogP contribution in [0.3, 0.4) is 0 Å². The Balaban J connectivity index is 1.92. The quantitative estimate of drug-likeness (QED) is 0.639. The maximum atomic E-state index is 11.5. The molecule has 7 heteroatoms.